The average molecular weight is 227 g/mol. The Morgan fingerprint density at radius 2 is 2.33 bits per heavy atom. The lowest BCUT2D eigenvalue weighted by atomic mass is 9.82. The number of oxime groups is 1. The van der Waals surface area contributed by atoms with Gasteiger partial charge in [0.05, 0.1) is 0 Å². The minimum atomic E-state index is -0.230. The fraction of sp³-hybridized carbons (Fsp3) is 0.800. The maximum Gasteiger partial charge on any atom is 0.227 e. The van der Waals surface area contributed by atoms with Crippen molar-refractivity contribution in [1.82, 2.24) is 5.32 Å². The lowest BCUT2D eigenvalue weighted by molar-refractivity contribution is 0.127. The van der Waals surface area contributed by atoms with Gasteiger partial charge in [0.25, 0.3) is 0 Å². The Morgan fingerprint density at radius 3 is 2.87 bits per heavy atom. The molecule has 1 saturated carbocycles. The predicted octanol–water partition coefficient (Wildman–Crippen LogP) is 1.15. The Hall–Kier alpha value is -0.680. The molecule has 1 atom stereocenters. The summed E-state index contributed by atoms with van der Waals surface area (Å²) in [6.45, 7) is 0.732. The molecule has 1 aliphatic carbocycles. The number of nitrogens with one attached hydrogen (secondary N) is 1. The minimum Gasteiger partial charge on any atom is -0.364 e. The zero-order chi connectivity index (χ0) is 10.7. The van der Waals surface area contributed by atoms with Gasteiger partial charge in [-0.25, -0.2) is 0 Å². The quantitative estimate of drug-likeness (QED) is 0.707. The van der Waals surface area contributed by atoms with Crippen molar-refractivity contribution in [2.24, 2.45) is 16.3 Å². The topological polar surface area (TPSA) is 59.6 Å². The van der Waals surface area contributed by atoms with E-state index in [-0.39, 0.29) is 11.6 Å². The van der Waals surface area contributed by atoms with Crippen molar-refractivity contribution in [3.63, 3.8) is 0 Å². The van der Waals surface area contributed by atoms with Gasteiger partial charge in [0.15, 0.2) is 0 Å². The normalized spacial score (nSPS) is 28.1. The molecule has 5 heteroatoms. The molecule has 0 radical (unpaired) electrons. The van der Waals surface area contributed by atoms with Crippen LogP contribution < -0.4 is 11.1 Å². The number of amidine groups is 1. The maximum atomic E-state index is 5.86. The number of hydrogen-bond acceptors (Lipinski definition) is 5. The second-order valence-corrected chi connectivity index (χ2v) is 4.70. The van der Waals surface area contributed by atoms with Gasteiger partial charge in [-0.05, 0) is 24.8 Å². The maximum absolute atomic E-state index is 5.86. The Morgan fingerprint density at radius 1 is 1.60 bits per heavy atom. The minimum absolute atomic E-state index is 0.230. The van der Waals surface area contributed by atoms with E-state index in [4.69, 9.17) is 22.8 Å². The number of nitrogens with two attached hydrogens (primary N) is 1. The van der Waals surface area contributed by atoms with E-state index in [1.807, 2.05) is 0 Å². The van der Waals surface area contributed by atoms with Crippen LogP contribution in [-0.2, 0) is 4.84 Å². The molecule has 1 heterocycles. The molecule has 2 rings (SSSR count). The molecule has 1 unspecified atom stereocenters. The van der Waals surface area contributed by atoms with Gasteiger partial charge in [-0.15, -0.1) is 0 Å². The van der Waals surface area contributed by atoms with Gasteiger partial charge >= 0.3 is 0 Å². The van der Waals surface area contributed by atoms with Crippen LogP contribution in [0.2, 0.25) is 0 Å². The molecule has 0 amide bonds. The molecule has 84 valence electrons. The summed E-state index contributed by atoms with van der Waals surface area (Å²) in [5.74, 6) is 0.897. The molecule has 0 spiro atoms. The van der Waals surface area contributed by atoms with Crippen LogP contribution in [0.4, 0.5) is 0 Å². The molecule has 2 aliphatic rings. The van der Waals surface area contributed by atoms with Gasteiger partial charge in [-0.3, -0.25) is 0 Å². The first kappa shape index (κ1) is 10.8. The molecule has 0 aromatic rings. The predicted molar refractivity (Wildman–Crippen MR) is 63.7 cm³/mol. The van der Waals surface area contributed by atoms with Gasteiger partial charge in [-0.1, -0.05) is 30.2 Å². The smallest absolute Gasteiger partial charge is 0.227 e. The monoisotopic (exact) mass is 227 g/mol. The van der Waals surface area contributed by atoms with Crippen molar-refractivity contribution in [2.45, 2.75) is 38.3 Å². The zero-order valence-corrected chi connectivity index (χ0v) is 9.55. The molecule has 0 bridgehead atoms. The highest BCUT2D eigenvalue weighted by molar-refractivity contribution is 7.79. The van der Waals surface area contributed by atoms with Crippen LogP contribution in [-0.4, -0.2) is 24.0 Å². The summed E-state index contributed by atoms with van der Waals surface area (Å²) in [6, 6.07) is 0. The van der Waals surface area contributed by atoms with Gasteiger partial charge in [0, 0.05) is 11.8 Å². The first-order valence-corrected chi connectivity index (χ1v) is 5.90. The molecule has 1 fully saturated rings. The van der Waals surface area contributed by atoms with E-state index in [0.717, 1.165) is 18.8 Å². The van der Waals surface area contributed by atoms with Crippen molar-refractivity contribution in [2.75, 3.05) is 6.54 Å². The van der Waals surface area contributed by atoms with Crippen LogP contribution in [0, 0.1) is 5.41 Å². The van der Waals surface area contributed by atoms with Crippen LogP contribution in [0.5, 0.6) is 0 Å². The summed E-state index contributed by atoms with van der Waals surface area (Å²) in [4.78, 5) is 5.09. The van der Waals surface area contributed by atoms with Crippen molar-refractivity contribution in [1.29, 1.82) is 0 Å². The van der Waals surface area contributed by atoms with Gasteiger partial charge in [-0.2, -0.15) is 0 Å². The molecule has 15 heavy (non-hydrogen) atoms. The molecule has 3 N–H and O–H groups in total. The third-order valence-corrected chi connectivity index (χ3v) is 3.60. The second-order valence-electron chi connectivity index (χ2n) is 4.43. The van der Waals surface area contributed by atoms with Crippen LogP contribution in [0.25, 0.3) is 0 Å². The summed E-state index contributed by atoms with van der Waals surface area (Å²) < 4.78 is 0. The van der Waals surface area contributed by atoms with E-state index in [9.17, 15) is 0 Å². The van der Waals surface area contributed by atoms with Crippen LogP contribution >= 0.6 is 12.2 Å². The van der Waals surface area contributed by atoms with E-state index in [0.29, 0.717) is 0 Å². The molecular formula is C10H17N3OS. The molecule has 0 saturated heterocycles. The van der Waals surface area contributed by atoms with Crippen LogP contribution in [0.1, 0.15) is 32.1 Å². The van der Waals surface area contributed by atoms with Crippen molar-refractivity contribution in [3.05, 3.63) is 0 Å². The van der Waals surface area contributed by atoms with Crippen LogP contribution in [0.3, 0.4) is 0 Å². The van der Waals surface area contributed by atoms with Gasteiger partial charge in [0.2, 0.25) is 6.23 Å². The molecule has 4 nitrogen and oxygen atoms in total. The molecule has 0 aromatic carbocycles. The second kappa shape index (κ2) is 4.45. The highest BCUT2D eigenvalue weighted by atomic mass is 32.1. The lowest BCUT2D eigenvalue weighted by Gasteiger charge is -2.26. The number of nitrogens with zero attached hydrogens (tertiary/aromatic N) is 1. The van der Waals surface area contributed by atoms with E-state index in [1.165, 1.54) is 25.7 Å². The van der Waals surface area contributed by atoms with E-state index in [1.54, 1.807) is 5.37 Å². The number of hydrogen-bond donors (Lipinski definition) is 2. The first-order valence-electron chi connectivity index (χ1n) is 5.43. The highest BCUT2D eigenvalue weighted by Crippen LogP contribution is 2.40. The summed E-state index contributed by atoms with van der Waals surface area (Å²) >= 11 is 4.79. The van der Waals surface area contributed by atoms with Crippen molar-refractivity contribution in [3.8, 4) is 0 Å². The SMILES string of the molecule is NCC1(CC2=NOC(C=S)N2)CCCC1. The van der Waals surface area contributed by atoms with E-state index in [2.05, 4.69) is 10.5 Å². The largest absolute Gasteiger partial charge is 0.364 e. The van der Waals surface area contributed by atoms with Gasteiger partial charge < -0.3 is 15.9 Å². The zero-order valence-electron chi connectivity index (χ0n) is 8.74. The Kier molecular flexibility index (Phi) is 3.21. The summed E-state index contributed by atoms with van der Waals surface area (Å²) in [7, 11) is 0. The Bertz CT molecular complexity index is 274. The third-order valence-electron chi connectivity index (χ3n) is 3.35. The Labute approximate surface area is 95.2 Å². The van der Waals surface area contributed by atoms with Crippen molar-refractivity contribution < 1.29 is 4.84 Å². The first-order chi connectivity index (χ1) is 7.28. The summed E-state index contributed by atoms with van der Waals surface area (Å²) in [5.41, 5.74) is 6.10. The third kappa shape index (κ3) is 2.29. The van der Waals surface area contributed by atoms with Crippen LogP contribution in [0.15, 0.2) is 5.16 Å². The Balaban J connectivity index is 1.93. The van der Waals surface area contributed by atoms with Gasteiger partial charge in [0.1, 0.15) is 5.84 Å². The fourth-order valence-electron chi connectivity index (χ4n) is 2.41. The average Bonchev–Trinajstić information content (AvgIpc) is 2.88. The number of rotatable bonds is 4. The highest BCUT2D eigenvalue weighted by Gasteiger charge is 2.35. The molecule has 1 aliphatic heterocycles. The fourth-order valence-corrected chi connectivity index (χ4v) is 2.53. The standard InChI is InChI=1S/C10H17N3OS/c11-7-10(3-1-2-4-10)5-8-12-9(6-15)14-13-8/h6,9H,1-5,7,11H2,(H,12,13). The van der Waals surface area contributed by atoms with Crippen molar-refractivity contribution >= 4 is 23.4 Å². The van der Waals surface area contributed by atoms with E-state index >= 15 is 0 Å². The number of thiocarbonyl (C=S) groups is 1. The molecule has 0 aromatic heterocycles. The summed E-state index contributed by atoms with van der Waals surface area (Å²) in [6.07, 6.45) is 5.62. The van der Waals surface area contributed by atoms with E-state index < -0.39 is 0 Å². The molecular weight excluding hydrogens is 210 g/mol. The summed E-state index contributed by atoms with van der Waals surface area (Å²) in [5, 5.41) is 8.68. The lowest BCUT2D eigenvalue weighted by Crippen LogP contribution is -2.36.